The molecular weight excluding hydrogens is 448 g/mol. The van der Waals surface area contributed by atoms with Crippen molar-refractivity contribution in [1.29, 1.82) is 0 Å². The number of aliphatic hydroxyl groups is 1. The summed E-state index contributed by atoms with van der Waals surface area (Å²) in [6.45, 7) is 3.00. The predicted molar refractivity (Wildman–Crippen MR) is 142 cm³/mol. The standard InChI is InChI=1S/C31H36N2O3/c1-32(30(36)24-12-11-22-5-2-3-6-23(22)15-24)26-17-29(35)28-20-33(19-21-9-10-21)14-13-31(28,18-26)25-7-4-8-27(34)16-25/h2-8,11-12,15-16,21,26,28-29,34-35H,9-10,13-14,17-20H2,1H3. The summed E-state index contributed by atoms with van der Waals surface area (Å²) in [5.74, 6) is 1.16. The topological polar surface area (TPSA) is 64.0 Å². The quantitative estimate of drug-likeness (QED) is 0.546. The number of hydrogen-bond acceptors (Lipinski definition) is 4. The smallest absolute Gasteiger partial charge is 0.253 e. The largest absolute Gasteiger partial charge is 0.508 e. The summed E-state index contributed by atoms with van der Waals surface area (Å²) in [4.78, 5) is 18.0. The summed E-state index contributed by atoms with van der Waals surface area (Å²) in [5.41, 5.74) is 1.51. The Morgan fingerprint density at radius 3 is 2.64 bits per heavy atom. The summed E-state index contributed by atoms with van der Waals surface area (Å²) in [5, 5.41) is 24.1. The van der Waals surface area contributed by atoms with Crippen LogP contribution in [0, 0.1) is 11.8 Å². The van der Waals surface area contributed by atoms with Crippen LogP contribution in [-0.2, 0) is 5.41 Å². The van der Waals surface area contributed by atoms with Crippen molar-refractivity contribution in [3.05, 3.63) is 77.9 Å². The van der Waals surface area contributed by atoms with Crippen LogP contribution < -0.4 is 0 Å². The molecule has 4 atom stereocenters. The average Bonchev–Trinajstić information content (AvgIpc) is 3.72. The maximum atomic E-state index is 13.6. The highest BCUT2D eigenvalue weighted by Gasteiger charge is 2.53. The second-order valence-electron chi connectivity index (χ2n) is 11.4. The number of aromatic hydroxyl groups is 1. The van der Waals surface area contributed by atoms with E-state index >= 15 is 0 Å². The molecule has 3 aromatic carbocycles. The van der Waals surface area contributed by atoms with Crippen molar-refractivity contribution in [3.8, 4) is 5.75 Å². The first-order valence-corrected chi connectivity index (χ1v) is 13.4. The summed E-state index contributed by atoms with van der Waals surface area (Å²) in [7, 11) is 1.88. The van der Waals surface area contributed by atoms with Gasteiger partial charge >= 0.3 is 0 Å². The lowest BCUT2D eigenvalue weighted by molar-refractivity contribution is -0.0618. The highest BCUT2D eigenvalue weighted by molar-refractivity contribution is 5.98. The molecule has 2 N–H and O–H groups in total. The molecule has 1 heterocycles. The number of rotatable bonds is 5. The molecule has 5 heteroatoms. The molecule has 3 aromatic rings. The fourth-order valence-corrected chi connectivity index (χ4v) is 6.89. The third kappa shape index (κ3) is 4.29. The van der Waals surface area contributed by atoms with E-state index in [1.165, 1.54) is 12.8 Å². The van der Waals surface area contributed by atoms with E-state index in [1.54, 1.807) is 6.07 Å². The molecule has 0 radical (unpaired) electrons. The van der Waals surface area contributed by atoms with Gasteiger partial charge in [-0.15, -0.1) is 0 Å². The molecule has 36 heavy (non-hydrogen) atoms. The van der Waals surface area contributed by atoms with Gasteiger partial charge in [0.2, 0.25) is 0 Å². The zero-order valence-corrected chi connectivity index (χ0v) is 21.0. The van der Waals surface area contributed by atoms with Crippen molar-refractivity contribution in [2.45, 2.75) is 49.7 Å². The Hall–Kier alpha value is -2.89. The van der Waals surface area contributed by atoms with Crippen LogP contribution in [-0.4, -0.2) is 64.7 Å². The minimum atomic E-state index is -0.500. The van der Waals surface area contributed by atoms with Crippen molar-refractivity contribution >= 4 is 16.7 Å². The lowest BCUT2D eigenvalue weighted by Crippen LogP contribution is -2.61. The second-order valence-corrected chi connectivity index (χ2v) is 11.4. The summed E-state index contributed by atoms with van der Waals surface area (Å²) >= 11 is 0. The molecular formula is C31H36N2O3. The van der Waals surface area contributed by atoms with Crippen LogP contribution in [0.1, 0.15) is 48.0 Å². The number of amides is 1. The van der Waals surface area contributed by atoms with Gasteiger partial charge in [0, 0.05) is 43.1 Å². The molecule has 5 nitrogen and oxygen atoms in total. The summed E-state index contributed by atoms with van der Waals surface area (Å²) in [6.07, 6.45) is 4.46. The average molecular weight is 485 g/mol. The molecule has 1 aliphatic heterocycles. The third-order valence-corrected chi connectivity index (χ3v) is 9.12. The number of carbonyl (C=O) groups excluding carboxylic acids is 1. The van der Waals surface area contributed by atoms with E-state index in [0.29, 0.717) is 12.0 Å². The van der Waals surface area contributed by atoms with E-state index in [4.69, 9.17) is 0 Å². The van der Waals surface area contributed by atoms with E-state index in [-0.39, 0.29) is 29.0 Å². The minimum Gasteiger partial charge on any atom is -0.508 e. The van der Waals surface area contributed by atoms with Crippen LogP contribution in [0.5, 0.6) is 5.75 Å². The molecule has 3 fully saturated rings. The number of benzene rings is 3. The normalized spacial score (nSPS) is 28.6. The monoisotopic (exact) mass is 484 g/mol. The van der Waals surface area contributed by atoms with Gasteiger partial charge < -0.3 is 20.0 Å². The zero-order valence-electron chi connectivity index (χ0n) is 21.0. The van der Waals surface area contributed by atoms with Gasteiger partial charge in [-0.3, -0.25) is 4.79 Å². The van der Waals surface area contributed by atoms with Crippen molar-refractivity contribution in [3.63, 3.8) is 0 Å². The predicted octanol–water partition coefficient (Wildman–Crippen LogP) is 4.81. The molecule has 0 aromatic heterocycles. The van der Waals surface area contributed by atoms with Gasteiger partial charge in [0.05, 0.1) is 6.10 Å². The molecule has 1 amide bonds. The molecule has 6 rings (SSSR count). The highest BCUT2D eigenvalue weighted by atomic mass is 16.3. The molecule has 4 unspecified atom stereocenters. The second kappa shape index (κ2) is 9.20. The SMILES string of the molecule is CN(C(=O)c1ccc2ccccc2c1)C1CC(O)C2CN(CC3CC3)CCC2(c2cccc(O)c2)C1. The Kier molecular flexibility index (Phi) is 6.01. The Morgan fingerprint density at radius 1 is 1.06 bits per heavy atom. The van der Waals surface area contributed by atoms with Crippen molar-refractivity contribution in [2.24, 2.45) is 11.8 Å². The molecule has 0 spiro atoms. The molecule has 2 aliphatic carbocycles. The van der Waals surface area contributed by atoms with Crippen LogP contribution in [0.3, 0.4) is 0 Å². The van der Waals surface area contributed by atoms with Gasteiger partial charge in [0.1, 0.15) is 5.75 Å². The van der Waals surface area contributed by atoms with Crippen molar-refractivity contribution in [1.82, 2.24) is 9.80 Å². The van der Waals surface area contributed by atoms with Gasteiger partial charge in [0.25, 0.3) is 5.91 Å². The first kappa shape index (κ1) is 23.5. The number of phenols is 1. The van der Waals surface area contributed by atoms with E-state index in [1.807, 2.05) is 60.5 Å². The van der Waals surface area contributed by atoms with Crippen LogP contribution in [0.25, 0.3) is 10.8 Å². The van der Waals surface area contributed by atoms with Crippen LogP contribution in [0.15, 0.2) is 66.7 Å². The fraction of sp³-hybridized carbons (Fsp3) is 0.452. The maximum Gasteiger partial charge on any atom is 0.253 e. The van der Waals surface area contributed by atoms with Crippen LogP contribution in [0.4, 0.5) is 0 Å². The fourth-order valence-electron chi connectivity index (χ4n) is 6.89. The Bertz CT molecular complexity index is 1270. The van der Waals surface area contributed by atoms with Crippen LogP contribution in [0.2, 0.25) is 0 Å². The summed E-state index contributed by atoms with van der Waals surface area (Å²) < 4.78 is 0. The first-order valence-electron chi connectivity index (χ1n) is 13.4. The Labute approximate surface area is 213 Å². The van der Waals surface area contributed by atoms with E-state index in [9.17, 15) is 15.0 Å². The van der Waals surface area contributed by atoms with Gasteiger partial charge in [0.15, 0.2) is 0 Å². The maximum absolute atomic E-state index is 13.6. The lowest BCUT2D eigenvalue weighted by Gasteiger charge is -2.56. The minimum absolute atomic E-state index is 0.00590. The Morgan fingerprint density at radius 2 is 1.86 bits per heavy atom. The number of hydrogen-bond donors (Lipinski definition) is 2. The highest BCUT2D eigenvalue weighted by Crippen LogP contribution is 2.51. The molecule has 3 aliphatic rings. The van der Waals surface area contributed by atoms with Gasteiger partial charge in [-0.2, -0.15) is 0 Å². The number of fused-ring (bicyclic) bond motifs is 2. The van der Waals surface area contributed by atoms with Gasteiger partial charge in [-0.1, -0.05) is 42.5 Å². The third-order valence-electron chi connectivity index (χ3n) is 9.12. The zero-order chi connectivity index (χ0) is 24.9. The number of phenolic OH excluding ortho intramolecular Hbond substituents is 1. The van der Waals surface area contributed by atoms with Gasteiger partial charge in [-0.05, 0) is 85.2 Å². The van der Waals surface area contributed by atoms with E-state index in [2.05, 4.69) is 17.0 Å². The first-order chi connectivity index (χ1) is 17.4. The lowest BCUT2D eigenvalue weighted by atomic mass is 9.56. The van der Waals surface area contributed by atoms with Crippen molar-refractivity contribution in [2.75, 3.05) is 26.7 Å². The molecule has 188 valence electrons. The number of nitrogens with zero attached hydrogens (tertiary/aromatic N) is 2. The molecule has 2 saturated carbocycles. The molecule has 0 bridgehead atoms. The van der Waals surface area contributed by atoms with E-state index in [0.717, 1.165) is 54.7 Å². The van der Waals surface area contributed by atoms with Crippen LogP contribution >= 0.6 is 0 Å². The van der Waals surface area contributed by atoms with E-state index < -0.39 is 6.10 Å². The number of carbonyl (C=O) groups is 1. The number of aliphatic hydroxyl groups excluding tert-OH is 1. The Balaban J connectivity index is 1.30. The number of likely N-dealkylation sites (tertiary alicyclic amines) is 1. The summed E-state index contributed by atoms with van der Waals surface area (Å²) in [6, 6.07) is 21.5. The molecule has 1 saturated heterocycles. The number of piperidine rings is 1. The van der Waals surface area contributed by atoms with Crippen molar-refractivity contribution < 1.29 is 15.0 Å². The van der Waals surface area contributed by atoms with Gasteiger partial charge in [-0.25, -0.2) is 0 Å².